The van der Waals surface area contributed by atoms with Crippen molar-refractivity contribution in [2.75, 3.05) is 13.6 Å². The minimum atomic E-state index is -3.40. The highest BCUT2D eigenvalue weighted by Gasteiger charge is 2.14. The Labute approximate surface area is 136 Å². The Morgan fingerprint density at radius 1 is 1.18 bits per heavy atom. The molecule has 0 aliphatic heterocycles. The normalized spacial score (nSPS) is 14.7. The molecular weight excluding hydrogens is 316 g/mol. The first-order valence-electron chi connectivity index (χ1n) is 7.23. The van der Waals surface area contributed by atoms with Gasteiger partial charge in [0, 0.05) is 12.6 Å². The fraction of sp³-hybridized carbons (Fsp3) is 0.375. The third-order valence-electron chi connectivity index (χ3n) is 3.78. The van der Waals surface area contributed by atoms with Crippen LogP contribution in [0.3, 0.4) is 0 Å². The van der Waals surface area contributed by atoms with Crippen molar-refractivity contribution in [3.05, 3.63) is 52.2 Å². The van der Waals surface area contributed by atoms with Gasteiger partial charge in [-0.15, -0.1) is 0 Å². The van der Waals surface area contributed by atoms with Gasteiger partial charge in [-0.3, -0.25) is 0 Å². The minimum absolute atomic E-state index is 0.0908. The van der Waals surface area contributed by atoms with Gasteiger partial charge < -0.3 is 5.32 Å². The summed E-state index contributed by atoms with van der Waals surface area (Å²) >= 11 is 1.70. The highest BCUT2D eigenvalue weighted by atomic mass is 32.2. The fourth-order valence-corrected chi connectivity index (χ4v) is 3.78. The molecule has 2 N–H and O–H groups in total. The average Bonchev–Trinajstić information content (AvgIpc) is 3.07. The first-order chi connectivity index (χ1) is 10.4. The lowest BCUT2D eigenvalue weighted by atomic mass is 10.0. The molecule has 0 saturated carbocycles. The molecule has 2 aromatic rings. The van der Waals surface area contributed by atoms with Gasteiger partial charge in [-0.05, 0) is 60.0 Å². The van der Waals surface area contributed by atoms with E-state index in [1.54, 1.807) is 29.5 Å². The van der Waals surface area contributed by atoms with Crippen LogP contribution < -0.4 is 10.0 Å². The number of thiophene rings is 1. The van der Waals surface area contributed by atoms with Crippen molar-refractivity contribution in [3.63, 3.8) is 0 Å². The van der Waals surface area contributed by atoms with Gasteiger partial charge in [-0.25, -0.2) is 13.1 Å². The van der Waals surface area contributed by atoms with E-state index in [9.17, 15) is 8.42 Å². The zero-order valence-electron chi connectivity index (χ0n) is 13.0. The summed E-state index contributed by atoms with van der Waals surface area (Å²) in [6.45, 7) is 5.08. The monoisotopic (exact) mass is 338 g/mol. The molecule has 4 nitrogen and oxygen atoms in total. The molecular formula is C16H22N2O2S2. The first-order valence-corrected chi connectivity index (χ1v) is 9.65. The van der Waals surface area contributed by atoms with Crippen LogP contribution in [0.2, 0.25) is 0 Å². The van der Waals surface area contributed by atoms with Crippen LogP contribution in [0.1, 0.15) is 36.9 Å². The second-order valence-electron chi connectivity index (χ2n) is 5.37. The van der Waals surface area contributed by atoms with Crippen LogP contribution >= 0.6 is 11.3 Å². The molecule has 120 valence electrons. The Balaban J connectivity index is 2.04. The smallest absolute Gasteiger partial charge is 0.240 e. The molecule has 0 saturated heterocycles. The highest BCUT2D eigenvalue weighted by molar-refractivity contribution is 7.89. The van der Waals surface area contributed by atoms with Crippen LogP contribution in [0.15, 0.2) is 46.0 Å². The van der Waals surface area contributed by atoms with E-state index in [0.717, 1.165) is 12.1 Å². The van der Waals surface area contributed by atoms with Gasteiger partial charge in [0.15, 0.2) is 0 Å². The lowest BCUT2D eigenvalue weighted by molar-refractivity contribution is 0.536. The average molecular weight is 338 g/mol. The Hall–Kier alpha value is -1.21. The molecule has 0 aliphatic carbocycles. The second kappa shape index (κ2) is 7.37. The Kier molecular flexibility index (Phi) is 5.74. The van der Waals surface area contributed by atoms with Crippen molar-refractivity contribution in [3.8, 4) is 0 Å². The first kappa shape index (κ1) is 17.1. The van der Waals surface area contributed by atoms with Gasteiger partial charge in [0.1, 0.15) is 0 Å². The van der Waals surface area contributed by atoms with Gasteiger partial charge in [0.25, 0.3) is 0 Å². The van der Waals surface area contributed by atoms with E-state index in [-0.39, 0.29) is 6.04 Å². The highest BCUT2D eigenvalue weighted by Crippen LogP contribution is 2.20. The van der Waals surface area contributed by atoms with E-state index in [4.69, 9.17) is 0 Å². The summed E-state index contributed by atoms with van der Waals surface area (Å²) in [7, 11) is -1.97. The van der Waals surface area contributed by atoms with Crippen LogP contribution in [0.25, 0.3) is 0 Å². The Morgan fingerprint density at radius 3 is 2.59 bits per heavy atom. The summed E-state index contributed by atoms with van der Waals surface area (Å²) in [5.74, 6) is 0.429. The van der Waals surface area contributed by atoms with E-state index < -0.39 is 10.0 Å². The summed E-state index contributed by atoms with van der Waals surface area (Å²) < 4.78 is 26.1. The third-order valence-corrected chi connectivity index (χ3v) is 5.89. The molecule has 0 unspecified atom stereocenters. The number of sulfonamides is 1. The predicted octanol–water partition coefficient (Wildman–Crippen LogP) is 3.11. The zero-order chi connectivity index (χ0) is 16.2. The Morgan fingerprint density at radius 2 is 1.95 bits per heavy atom. The summed E-state index contributed by atoms with van der Waals surface area (Å²) in [5.41, 5.74) is 2.30. The second-order valence-corrected chi connectivity index (χ2v) is 8.03. The van der Waals surface area contributed by atoms with Gasteiger partial charge in [0.2, 0.25) is 10.0 Å². The van der Waals surface area contributed by atoms with Gasteiger partial charge in [0.05, 0.1) is 4.90 Å². The van der Waals surface area contributed by atoms with Crippen molar-refractivity contribution >= 4 is 21.4 Å². The third kappa shape index (κ3) is 4.16. The Bertz CT molecular complexity index is 697. The zero-order valence-corrected chi connectivity index (χ0v) is 14.7. The number of hydrogen-bond acceptors (Lipinski definition) is 4. The maximum Gasteiger partial charge on any atom is 0.240 e. The predicted molar refractivity (Wildman–Crippen MR) is 91.8 cm³/mol. The van der Waals surface area contributed by atoms with Crippen molar-refractivity contribution in [1.82, 2.24) is 10.0 Å². The van der Waals surface area contributed by atoms with Crippen molar-refractivity contribution in [2.24, 2.45) is 0 Å². The van der Waals surface area contributed by atoms with Crippen LogP contribution in [0.4, 0.5) is 0 Å². The molecule has 1 aromatic carbocycles. The van der Waals surface area contributed by atoms with Crippen LogP contribution in [0, 0.1) is 0 Å². The molecule has 6 heteroatoms. The molecule has 0 aliphatic rings. The number of hydrogen-bond donors (Lipinski definition) is 2. The van der Waals surface area contributed by atoms with Gasteiger partial charge >= 0.3 is 0 Å². The SMILES string of the molecule is CNS(=O)(=O)c1cccc([C@H](C)NC[C@@H](C)c2ccsc2)c1. The van der Waals surface area contributed by atoms with E-state index in [1.807, 2.05) is 13.0 Å². The largest absolute Gasteiger partial charge is 0.310 e. The van der Waals surface area contributed by atoms with Crippen LogP contribution in [-0.2, 0) is 10.0 Å². The topological polar surface area (TPSA) is 58.2 Å². The lowest BCUT2D eigenvalue weighted by Crippen LogP contribution is -2.24. The quantitative estimate of drug-likeness (QED) is 0.815. The van der Waals surface area contributed by atoms with E-state index >= 15 is 0 Å². The number of rotatable bonds is 7. The maximum atomic E-state index is 11.9. The summed E-state index contributed by atoms with van der Waals surface area (Å²) in [4.78, 5) is 0.298. The van der Waals surface area contributed by atoms with Gasteiger partial charge in [-0.2, -0.15) is 11.3 Å². The lowest BCUT2D eigenvalue weighted by Gasteiger charge is -2.18. The van der Waals surface area contributed by atoms with Crippen molar-refractivity contribution in [1.29, 1.82) is 0 Å². The molecule has 0 bridgehead atoms. The molecule has 22 heavy (non-hydrogen) atoms. The van der Waals surface area contributed by atoms with E-state index in [0.29, 0.717) is 10.8 Å². The molecule has 1 heterocycles. The van der Waals surface area contributed by atoms with Crippen LogP contribution in [-0.4, -0.2) is 22.0 Å². The summed E-state index contributed by atoms with van der Waals surface area (Å²) in [6, 6.07) is 9.28. The molecule has 0 radical (unpaired) electrons. The van der Waals surface area contributed by atoms with Crippen LogP contribution in [0.5, 0.6) is 0 Å². The van der Waals surface area contributed by atoms with Crippen molar-refractivity contribution < 1.29 is 8.42 Å². The van der Waals surface area contributed by atoms with E-state index in [2.05, 4.69) is 33.8 Å². The minimum Gasteiger partial charge on any atom is -0.310 e. The molecule has 2 atom stereocenters. The number of nitrogens with one attached hydrogen (secondary N) is 2. The van der Waals surface area contributed by atoms with E-state index in [1.165, 1.54) is 12.6 Å². The molecule has 0 fully saturated rings. The summed E-state index contributed by atoms with van der Waals surface area (Å²) in [6.07, 6.45) is 0. The fourth-order valence-electron chi connectivity index (χ4n) is 2.21. The molecule has 1 aromatic heterocycles. The molecule has 2 rings (SSSR count). The van der Waals surface area contributed by atoms with Crippen molar-refractivity contribution in [2.45, 2.75) is 30.7 Å². The number of benzene rings is 1. The molecule has 0 spiro atoms. The molecule has 0 amide bonds. The standard InChI is InChI=1S/C16H22N2O2S2/c1-12(15-7-8-21-11-15)10-18-13(2)14-5-4-6-16(9-14)22(19,20)17-3/h4-9,11-13,17-18H,10H2,1-3H3/t12-,13+/m1/s1. The summed E-state index contributed by atoms with van der Waals surface area (Å²) in [5, 5.41) is 7.72. The van der Waals surface area contributed by atoms with Gasteiger partial charge in [-0.1, -0.05) is 19.1 Å². The maximum absolute atomic E-state index is 11.9.